The van der Waals surface area contributed by atoms with Crippen molar-refractivity contribution in [2.45, 2.75) is 52.0 Å². The van der Waals surface area contributed by atoms with Gasteiger partial charge in [0, 0.05) is 17.8 Å². The Hall–Kier alpha value is -1.58. The summed E-state index contributed by atoms with van der Waals surface area (Å²) in [5.74, 6) is -1.63. The normalized spacial score (nSPS) is 20.6. The average Bonchev–Trinajstić information content (AvgIpc) is 2.32. The molecule has 1 aliphatic heterocycles. The summed E-state index contributed by atoms with van der Waals surface area (Å²) in [7, 11) is 0. The molecule has 1 atom stereocenters. The first-order chi connectivity index (χ1) is 9.27. The number of hydrogen-bond acceptors (Lipinski definition) is 2. The lowest BCUT2D eigenvalue weighted by molar-refractivity contribution is 0.0691. The van der Waals surface area contributed by atoms with Crippen molar-refractivity contribution < 1.29 is 14.3 Å². The summed E-state index contributed by atoms with van der Waals surface area (Å²) in [5, 5.41) is 9.07. The van der Waals surface area contributed by atoms with Crippen LogP contribution in [0, 0.1) is 5.82 Å². The third kappa shape index (κ3) is 2.39. The number of anilines is 1. The van der Waals surface area contributed by atoms with Crippen LogP contribution >= 0.6 is 0 Å². The Kier molecular flexibility index (Phi) is 3.76. The number of benzene rings is 1. The van der Waals surface area contributed by atoms with E-state index in [1.54, 1.807) is 0 Å². The molecule has 1 aromatic carbocycles. The monoisotopic (exact) mass is 279 g/mol. The molecular weight excluding hydrogens is 257 g/mol. The number of halogens is 1. The number of nitrogens with zero attached hydrogens (tertiary/aromatic N) is 1. The highest BCUT2D eigenvalue weighted by atomic mass is 19.1. The van der Waals surface area contributed by atoms with Gasteiger partial charge in [-0.05, 0) is 50.3 Å². The van der Waals surface area contributed by atoms with E-state index in [0.717, 1.165) is 30.6 Å². The predicted molar refractivity (Wildman–Crippen MR) is 78.1 cm³/mol. The van der Waals surface area contributed by atoms with Crippen molar-refractivity contribution in [2.24, 2.45) is 0 Å². The minimum absolute atomic E-state index is 0.0421. The number of carboxylic acids is 1. The fourth-order valence-electron chi connectivity index (χ4n) is 3.31. The van der Waals surface area contributed by atoms with E-state index in [-0.39, 0.29) is 17.0 Å². The van der Waals surface area contributed by atoms with Crippen molar-refractivity contribution in [3.05, 3.63) is 29.1 Å². The second kappa shape index (κ2) is 5.08. The average molecular weight is 279 g/mol. The van der Waals surface area contributed by atoms with Crippen molar-refractivity contribution in [1.29, 1.82) is 0 Å². The third-order valence-corrected chi connectivity index (χ3v) is 4.15. The van der Waals surface area contributed by atoms with Crippen molar-refractivity contribution in [2.75, 3.05) is 11.4 Å². The quantitative estimate of drug-likeness (QED) is 0.908. The zero-order valence-corrected chi connectivity index (χ0v) is 12.5. The molecule has 0 radical (unpaired) electrons. The molecule has 0 fully saturated rings. The zero-order valence-electron chi connectivity index (χ0n) is 12.5. The summed E-state index contributed by atoms with van der Waals surface area (Å²) in [6, 6.07) is 2.90. The molecule has 0 bridgehead atoms. The largest absolute Gasteiger partial charge is 0.478 e. The van der Waals surface area contributed by atoms with Gasteiger partial charge in [-0.1, -0.05) is 13.8 Å². The molecule has 0 unspecified atom stereocenters. The molecule has 0 saturated heterocycles. The van der Waals surface area contributed by atoms with Crippen molar-refractivity contribution in [1.82, 2.24) is 0 Å². The maximum absolute atomic E-state index is 14.0. The molecule has 2 rings (SSSR count). The summed E-state index contributed by atoms with van der Waals surface area (Å²) in [4.78, 5) is 13.3. The summed E-state index contributed by atoms with van der Waals surface area (Å²) >= 11 is 0. The first-order valence-electron chi connectivity index (χ1n) is 7.12. The van der Waals surface area contributed by atoms with Crippen LogP contribution < -0.4 is 4.90 Å². The number of carbonyl (C=O) groups is 1. The van der Waals surface area contributed by atoms with Crippen LogP contribution in [0.25, 0.3) is 0 Å². The summed E-state index contributed by atoms with van der Waals surface area (Å²) in [5.41, 5.74) is 1.51. The number of hydrogen-bond donors (Lipinski definition) is 1. The molecule has 0 aromatic heterocycles. The fourth-order valence-corrected chi connectivity index (χ4v) is 3.31. The van der Waals surface area contributed by atoms with Gasteiger partial charge in [-0.15, -0.1) is 0 Å². The molecule has 1 aromatic rings. The standard InChI is InChI=1S/C16H22FNO2/c1-5-6-18-14-8-13(17)12(15(19)20)7-11(14)10(2)9-16(18,3)4/h7-8,10H,5-6,9H2,1-4H3,(H,19,20)/t10-/m0/s1. The molecule has 1 aliphatic rings. The van der Waals surface area contributed by atoms with Gasteiger partial charge in [0.2, 0.25) is 0 Å². The van der Waals surface area contributed by atoms with Crippen LogP contribution in [-0.2, 0) is 0 Å². The molecule has 0 aliphatic carbocycles. The summed E-state index contributed by atoms with van der Waals surface area (Å²) in [6.45, 7) is 9.33. The van der Waals surface area contributed by atoms with Gasteiger partial charge >= 0.3 is 5.97 Å². The lowest BCUT2D eigenvalue weighted by Gasteiger charge is -2.47. The molecular formula is C16H22FNO2. The van der Waals surface area contributed by atoms with E-state index in [1.165, 1.54) is 12.1 Å². The van der Waals surface area contributed by atoms with Gasteiger partial charge in [-0.2, -0.15) is 0 Å². The van der Waals surface area contributed by atoms with Gasteiger partial charge in [0.15, 0.2) is 0 Å². The molecule has 4 heteroatoms. The first-order valence-corrected chi connectivity index (χ1v) is 7.12. The van der Waals surface area contributed by atoms with Crippen LogP contribution in [0.1, 0.15) is 62.4 Å². The molecule has 1 N–H and O–H groups in total. The number of aromatic carboxylic acids is 1. The molecule has 20 heavy (non-hydrogen) atoms. The first kappa shape index (κ1) is 14.8. The van der Waals surface area contributed by atoms with Crippen LogP contribution in [0.3, 0.4) is 0 Å². The SMILES string of the molecule is CCCN1c2cc(F)c(C(=O)O)cc2[C@@H](C)CC1(C)C. The Labute approximate surface area is 119 Å². The van der Waals surface area contributed by atoms with Crippen LogP contribution in [0.15, 0.2) is 12.1 Å². The van der Waals surface area contributed by atoms with Gasteiger partial charge in [-0.3, -0.25) is 0 Å². The summed E-state index contributed by atoms with van der Waals surface area (Å²) < 4.78 is 14.0. The van der Waals surface area contributed by atoms with E-state index in [0.29, 0.717) is 0 Å². The van der Waals surface area contributed by atoms with Crippen molar-refractivity contribution in [3.8, 4) is 0 Å². The van der Waals surface area contributed by atoms with E-state index < -0.39 is 11.8 Å². The highest BCUT2D eigenvalue weighted by Crippen LogP contribution is 2.44. The minimum Gasteiger partial charge on any atom is -0.478 e. The second-order valence-electron chi connectivity index (χ2n) is 6.27. The molecule has 3 nitrogen and oxygen atoms in total. The number of rotatable bonds is 3. The van der Waals surface area contributed by atoms with Crippen LogP contribution in [-0.4, -0.2) is 23.2 Å². The second-order valence-corrected chi connectivity index (χ2v) is 6.27. The Morgan fingerprint density at radius 2 is 2.15 bits per heavy atom. The van der Waals surface area contributed by atoms with Gasteiger partial charge < -0.3 is 10.0 Å². The van der Waals surface area contributed by atoms with Crippen LogP contribution in [0.2, 0.25) is 0 Å². The van der Waals surface area contributed by atoms with Gasteiger partial charge in [0.05, 0.1) is 5.56 Å². The number of fused-ring (bicyclic) bond motifs is 1. The maximum Gasteiger partial charge on any atom is 0.338 e. The lowest BCUT2D eigenvalue weighted by atomic mass is 9.79. The molecule has 0 saturated carbocycles. The summed E-state index contributed by atoms with van der Waals surface area (Å²) in [6.07, 6.45) is 1.91. The maximum atomic E-state index is 14.0. The smallest absolute Gasteiger partial charge is 0.338 e. The Morgan fingerprint density at radius 1 is 1.50 bits per heavy atom. The highest BCUT2D eigenvalue weighted by Gasteiger charge is 2.36. The van der Waals surface area contributed by atoms with Gasteiger partial charge in [0.25, 0.3) is 0 Å². The van der Waals surface area contributed by atoms with Gasteiger partial charge in [-0.25, -0.2) is 9.18 Å². The van der Waals surface area contributed by atoms with Crippen molar-refractivity contribution >= 4 is 11.7 Å². The fraction of sp³-hybridized carbons (Fsp3) is 0.562. The predicted octanol–water partition coefficient (Wildman–Crippen LogP) is 4.03. The molecule has 0 spiro atoms. The van der Waals surface area contributed by atoms with E-state index in [9.17, 15) is 9.18 Å². The Balaban J connectivity index is 2.60. The van der Waals surface area contributed by atoms with Crippen molar-refractivity contribution in [3.63, 3.8) is 0 Å². The Bertz CT molecular complexity index is 540. The van der Waals surface area contributed by atoms with Gasteiger partial charge in [0.1, 0.15) is 5.82 Å². The lowest BCUT2D eigenvalue weighted by Crippen LogP contribution is -2.48. The minimum atomic E-state index is -1.20. The third-order valence-electron chi connectivity index (χ3n) is 4.15. The van der Waals surface area contributed by atoms with Crippen LogP contribution in [0.5, 0.6) is 0 Å². The highest BCUT2D eigenvalue weighted by molar-refractivity contribution is 5.89. The van der Waals surface area contributed by atoms with Crippen LogP contribution in [0.4, 0.5) is 10.1 Å². The molecule has 110 valence electrons. The Morgan fingerprint density at radius 3 is 2.70 bits per heavy atom. The van der Waals surface area contributed by atoms with E-state index in [2.05, 4.69) is 32.6 Å². The van der Waals surface area contributed by atoms with E-state index >= 15 is 0 Å². The van der Waals surface area contributed by atoms with E-state index in [4.69, 9.17) is 5.11 Å². The molecule has 0 amide bonds. The zero-order chi connectivity index (χ0) is 15.1. The molecule has 1 heterocycles. The number of carboxylic acid groups (broad SMARTS) is 1. The van der Waals surface area contributed by atoms with E-state index in [1.807, 2.05) is 0 Å². The topological polar surface area (TPSA) is 40.5 Å².